The lowest BCUT2D eigenvalue weighted by atomic mass is 10.2. The van der Waals surface area contributed by atoms with E-state index in [1.165, 1.54) is 12.8 Å². The van der Waals surface area contributed by atoms with Crippen LogP contribution in [0, 0.1) is 0 Å². The zero-order chi connectivity index (χ0) is 15.4. The minimum Gasteiger partial charge on any atom is -0.456 e. The predicted octanol–water partition coefficient (Wildman–Crippen LogP) is 2.35. The predicted molar refractivity (Wildman–Crippen MR) is 83.9 cm³/mol. The molecule has 3 rings (SSSR count). The van der Waals surface area contributed by atoms with Crippen LogP contribution in [0.3, 0.4) is 0 Å². The zero-order valence-electron chi connectivity index (χ0n) is 13.4. The SMILES string of the molecule is CCc1oc(C(=O)NCC2CCCO2)cc1CN1CCCC1. The van der Waals surface area contributed by atoms with Gasteiger partial charge in [-0.25, -0.2) is 0 Å². The second-order valence-electron chi connectivity index (χ2n) is 6.24. The van der Waals surface area contributed by atoms with E-state index in [1.807, 2.05) is 6.07 Å². The van der Waals surface area contributed by atoms with Crippen LogP contribution in [0.2, 0.25) is 0 Å². The summed E-state index contributed by atoms with van der Waals surface area (Å²) in [7, 11) is 0. The van der Waals surface area contributed by atoms with Crippen molar-refractivity contribution in [3.8, 4) is 0 Å². The van der Waals surface area contributed by atoms with Crippen LogP contribution in [0.25, 0.3) is 0 Å². The molecule has 1 unspecified atom stereocenters. The molecule has 5 nitrogen and oxygen atoms in total. The first-order valence-corrected chi connectivity index (χ1v) is 8.50. The van der Waals surface area contributed by atoms with Gasteiger partial charge >= 0.3 is 0 Å². The van der Waals surface area contributed by atoms with E-state index >= 15 is 0 Å². The van der Waals surface area contributed by atoms with Crippen LogP contribution < -0.4 is 5.32 Å². The third-order valence-electron chi connectivity index (χ3n) is 4.55. The van der Waals surface area contributed by atoms with Crippen LogP contribution in [0.4, 0.5) is 0 Å². The van der Waals surface area contributed by atoms with Crippen molar-refractivity contribution in [1.29, 1.82) is 0 Å². The molecule has 2 saturated heterocycles. The molecule has 2 fully saturated rings. The molecule has 1 aromatic rings. The summed E-state index contributed by atoms with van der Waals surface area (Å²) in [5.74, 6) is 1.25. The van der Waals surface area contributed by atoms with E-state index in [0.29, 0.717) is 12.3 Å². The van der Waals surface area contributed by atoms with E-state index in [1.54, 1.807) is 0 Å². The number of rotatable bonds is 6. The van der Waals surface area contributed by atoms with Crippen LogP contribution in [0.5, 0.6) is 0 Å². The van der Waals surface area contributed by atoms with Crippen molar-refractivity contribution in [2.24, 2.45) is 0 Å². The summed E-state index contributed by atoms with van der Waals surface area (Å²) in [6.07, 6.45) is 5.64. The lowest BCUT2D eigenvalue weighted by Gasteiger charge is -2.13. The number of nitrogens with one attached hydrogen (secondary N) is 1. The molecule has 0 aliphatic carbocycles. The van der Waals surface area contributed by atoms with Crippen LogP contribution in [-0.4, -0.2) is 43.2 Å². The first-order valence-electron chi connectivity index (χ1n) is 8.50. The Morgan fingerprint density at radius 1 is 1.36 bits per heavy atom. The molecule has 0 spiro atoms. The topological polar surface area (TPSA) is 54.7 Å². The Kier molecular flexibility index (Phi) is 5.16. The molecule has 0 saturated carbocycles. The second kappa shape index (κ2) is 7.29. The molecular formula is C17H26N2O3. The number of likely N-dealkylation sites (tertiary alicyclic amines) is 1. The minimum absolute atomic E-state index is 0.127. The average Bonchev–Trinajstić information content (AvgIpc) is 3.27. The Hall–Kier alpha value is -1.33. The Morgan fingerprint density at radius 2 is 2.18 bits per heavy atom. The summed E-state index contributed by atoms with van der Waals surface area (Å²) in [5, 5.41) is 2.93. The zero-order valence-corrected chi connectivity index (χ0v) is 13.4. The number of aryl methyl sites for hydroxylation is 1. The van der Waals surface area contributed by atoms with Crippen LogP contribution >= 0.6 is 0 Å². The monoisotopic (exact) mass is 306 g/mol. The van der Waals surface area contributed by atoms with Crippen molar-refractivity contribution < 1.29 is 13.9 Å². The van der Waals surface area contributed by atoms with Crippen molar-refractivity contribution >= 4 is 5.91 Å². The highest BCUT2D eigenvalue weighted by Gasteiger charge is 2.21. The van der Waals surface area contributed by atoms with Gasteiger partial charge in [-0.2, -0.15) is 0 Å². The fourth-order valence-corrected chi connectivity index (χ4v) is 3.29. The van der Waals surface area contributed by atoms with Gasteiger partial charge in [-0.15, -0.1) is 0 Å². The van der Waals surface area contributed by atoms with Gasteiger partial charge in [-0.05, 0) is 44.8 Å². The van der Waals surface area contributed by atoms with Crippen LogP contribution in [-0.2, 0) is 17.7 Å². The first kappa shape index (κ1) is 15.6. The molecule has 3 heterocycles. The van der Waals surface area contributed by atoms with Crippen molar-refractivity contribution in [3.05, 3.63) is 23.2 Å². The Morgan fingerprint density at radius 3 is 2.86 bits per heavy atom. The lowest BCUT2D eigenvalue weighted by molar-refractivity contribution is 0.0834. The van der Waals surface area contributed by atoms with Gasteiger partial charge in [0.05, 0.1) is 6.10 Å². The highest BCUT2D eigenvalue weighted by molar-refractivity contribution is 5.91. The minimum atomic E-state index is -0.127. The van der Waals surface area contributed by atoms with Gasteiger partial charge in [0.25, 0.3) is 5.91 Å². The van der Waals surface area contributed by atoms with E-state index in [0.717, 1.165) is 56.8 Å². The number of hydrogen-bond donors (Lipinski definition) is 1. The lowest BCUT2D eigenvalue weighted by Crippen LogP contribution is -2.31. The summed E-state index contributed by atoms with van der Waals surface area (Å²) in [6, 6.07) is 1.92. The Labute approximate surface area is 132 Å². The van der Waals surface area contributed by atoms with Gasteiger partial charge in [0.2, 0.25) is 0 Å². The van der Waals surface area contributed by atoms with Crippen molar-refractivity contribution in [2.45, 2.75) is 51.7 Å². The van der Waals surface area contributed by atoms with E-state index in [2.05, 4.69) is 17.1 Å². The summed E-state index contributed by atoms with van der Waals surface area (Å²) in [4.78, 5) is 14.7. The van der Waals surface area contributed by atoms with Crippen molar-refractivity contribution in [2.75, 3.05) is 26.2 Å². The number of furan rings is 1. The van der Waals surface area contributed by atoms with Gasteiger partial charge in [-0.1, -0.05) is 6.92 Å². The molecule has 0 radical (unpaired) electrons. The molecule has 22 heavy (non-hydrogen) atoms. The molecule has 0 bridgehead atoms. The highest BCUT2D eigenvalue weighted by atomic mass is 16.5. The molecule has 2 aliphatic heterocycles. The number of carbonyl (C=O) groups is 1. The molecule has 1 amide bonds. The van der Waals surface area contributed by atoms with Gasteiger partial charge < -0.3 is 14.5 Å². The second-order valence-corrected chi connectivity index (χ2v) is 6.24. The third kappa shape index (κ3) is 3.70. The largest absolute Gasteiger partial charge is 0.456 e. The molecule has 122 valence electrons. The third-order valence-corrected chi connectivity index (χ3v) is 4.55. The Balaban J connectivity index is 1.59. The summed E-state index contributed by atoms with van der Waals surface area (Å²) >= 11 is 0. The van der Waals surface area contributed by atoms with Crippen LogP contribution in [0.1, 0.15) is 54.5 Å². The number of hydrogen-bond acceptors (Lipinski definition) is 4. The molecule has 0 aromatic carbocycles. The van der Waals surface area contributed by atoms with E-state index < -0.39 is 0 Å². The van der Waals surface area contributed by atoms with E-state index in [9.17, 15) is 4.79 Å². The normalized spacial score (nSPS) is 22.3. The summed E-state index contributed by atoms with van der Waals surface area (Å²) in [5.41, 5.74) is 1.16. The molecular weight excluding hydrogens is 280 g/mol. The quantitative estimate of drug-likeness (QED) is 0.876. The number of nitrogens with zero attached hydrogens (tertiary/aromatic N) is 1. The first-order chi connectivity index (χ1) is 10.8. The fraction of sp³-hybridized carbons (Fsp3) is 0.706. The maximum absolute atomic E-state index is 12.2. The molecule has 2 aliphatic rings. The standard InChI is InChI=1S/C17H26N2O3/c1-2-15-13(12-19-7-3-4-8-19)10-16(22-15)17(20)18-11-14-6-5-9-21-14/h10,14H,2-9,11-12H2,1H3,(H,18,20). The van der Waals surface area contributed by atoms with E-state index in [4.69, 9.17) is 9.15 Å². The maximum atomic E-state index is 12.2. The summed E-state index contributed by atoms with van der Waals surface area (Å²) < 4.78 is 11.3. The average molecular weight is 306 g/mol. The van der Waals surface area contributed by atoms with Crippen molar-refractivity contribution in [3.63, 3.8) is 0 Å². The number of ether oxygens (including phenoxy) is 1. The van der Waals surface area contributed by atoms with Gasteiger partial charge in [0, 0.05) is 31.7 Å². The van der Waals surface area contributed by atoms with Crippen molar-refractivity contribution in [1.82, 2.24) is 10.2 Å². The Bertz CT molecular complexity index is 500. The number of carbonyl (C=O) groups excluding carboxylic acids is 1. The molecule has 1 aromatic heterocycles. The van der Waals surface area contributed by atoms with Gasteiger partial charge in [0.15, 0.2) is 5.76 Å². The summed E-state index contributed by atoms with van der Waals surface area (Å²) in [6.45, 7) is 6.64. The molecule has 5 heteroatoms. The molecule has 1 atom stereocenters. The number of amides is 1. The smallest absolute Gasteiger partial charge is 0.287 e. The maximum Gasteiger partial charge on any atom is 0.287 e. The van der Waals surface area contributed by atoms with Gasteiger partial charge in [-0.3, -0.25) is 9.69 Å². The van der Waals surface area contributed by atoms with Gasteiger partial charge in [0.1, 0.15) is 5.76 Å². The highest BCUT2D eigenvalue weighted by Crippen LogP contribution is 2.21. The molecule has 1 N–H and O–H groups in total. The fourth-order valence-electron chi connectivity index (χ4n) is 3.29. The van der Waals surface area contributed by atoms with Crippen LogP contribution in [0.15, 0.2) is 10.5 Å². The van der Waals surface area contributed by atoms with E-state index in [-0.39, 0.29) is 12.0 Å².